The van der Waals surface area contributed by atoms with Gasteiger partial charge in [0.15, 0.2) is 5.96 Å². The number of guanidine groups is 1. The predicted molar refractivity (Wildman–Crippen MR) is 119 cm³/mol. The van der Waals surface area contributed by atoms with Gasteiger partial charge in [-0.05, 0) is 49.1 Å². The molecule has 0 amide bonds. The first kappa shape index (κ1) is 21.0. The Morgan fingerprint density at radius 2 is 2.08 bits per heavy atom. The van der Waals surface area contributed by atoms with Gasteiger partial charge in [-0.2, -0.15) is 0 Å². The van der Waals surface area contributed by atoms with Gasteiger partial charge in [-0.15, -0.1) is 24.0 Å². The van der Waals surface area contributed by atoms with Crippen LogP contribution in [0.2, 0.25) is 0 Å². The van der Waals surface area contributed by atoms with E-state index in [4.69, 9.17) is 9.73 Å². The van der Waals surface area contributed by atoms with Crippen molar-refractivity contribution < 1.29 is 4.74 Å². The standard InChI is InChI=1S/C20H30N4O.HI/c1-3-21-19(23-15-20(9-6-10-20)11-12-25-2)22-14-17-13-16-7-4-5-8-18(16)24-17;/h4-5,7-8,13,24H,3,6,9-12,14-15H2,1-2H3,(H2,21,22,23);1H. The van der Waals surface area contributed by atoms with Crippen LogP contribution in [-0.2, 0) is 11.3 Å². The van der Waals surface area contributed by atoms with Gasteiger partial charge in [0, 0.05) is 38.0 Å². The summed E-state index contributed by atoms with van der Waals surface area (Å²) in [5.41, 5.74) is 2.68. The van der Waals surface area contributed by atoms with Crippen molar-refractivity contribution in [2.24, 2.45) is 10.4 Å². The maximum atomic E-state index is 5.28. The number of aromatic nitrogens is 1. The van der Waals surface area contributed by atoms with Crippen LogP contribution >= 0.6 is 24.0 Å². The molecule has 0 spiro atoms. The second-order valence-corrected chi connectivity index (χ2v) is 7.03. The molecule has 0 atom stereocenters. The van der Waals surface area contributed by atoms with Crippen LogP contribution in [0.3, 0.4) is 0 Å². The van der Waals surface area contributed by atoms with Gasteiger partial charge >= 0.3 is 0 Å². The fraction of sp³-hybridized carbons (Fsp3) is 0.550. The first-order valence-electron chi connectivity index (χ1n) is 9.32. The van der Waals surface area contributed by atoms with Crippen LogP contribution in [0.4, 0.5) is 0 Å². The summed E-state index contributed by atoms with van der Waals surface area (Å²) >= 11 is 0. The second kappa shape index (κ2) is 10.2. The molecular weight excluding hydrogens is 439 g/mol. The molecule has 1 aliphatic carbocycles. The van der Waals surface area contributed by atoms with Crippen LogP contribution in [0, 0.1) is 5.41 Å². The summed E-state index contributed by atoms with van der Waals surface area (Å²) in [4.78, 5) is 8.19. The minimum absolute atomic E-state index is 0. The van der Waals surface area contributed by atoms with E-state index in [1.54, 1.807) is 7.11 Å². The highest BCUT2D eigenvalue weighted by atomic mass is 127. The Kier molecular flexibility index (Phi) is 8.21. The average Bonchev–Trinajstić information content (AvgIpc) is 3.01. The maximum absolute atomic E-state index is 5.28. The van der Waals surface area contributed by atoms with Crippen molar-refractivity contribution in [2.45, 2.75) is 39.2 Å². The molecule has 5 nitrogen and oxygen atoms in total. The van der Waals surface area contributed by atoms with Crippen LogP contribution < -0.4 is 10.6 Å². The van der Waals surface area contributed by atoms with Gasteiger partial charge in [0.2, 0.25) is 0 Å². The summed E-state index contributed by atoms with van der Waals surface area (Å²) in [6, 6.07) is 10.5. The molecule has 26 heavy (non-hydrogen) atoms. The van der Waals surface area contributed by atoms with Crippen LogP contribution in [0.15, 0.2) is 35.3 Å². The molecule has 6 heteroatoms. The number of fused-ring (bicyclic) bond motifs is 1. The summed E-state index contributed by atoms with van der Waals surface area (Å²) in [7, 11) is 1.78. The normalized spacial score (nSPS) is 16.0. The highest BCUT2D eigenvalue weighted by molar-refractivity contribution is 14.0. The first-order chi connectivity index (χ1) is 12.2. The van der Waals surface area contributed by atoms with Crippen molar-refractivity contribution >= 4 is 40.8 Å². The Balaban J connectivity index is 0.00000243. The van der Waals surface area contributed by atoms with E-state index in [0.29, 0.717) is 12.0 Å². The molecule has 0 saturated heterocycles. The first-order valence-corrected chi connectivity index (χ1v) is 9.32. The van der Waals surface area contributed by atoms with Crippen molar-refractivity contribution in [3.05, 3.63) is 36.0 Å². The number of hydrogen-bond acceptors (Lipinski definition) is 2. The van der Waals surface area contributed by atoms with Gasteiger partial charge in [0.1, 0.15) is 0 Å². The number of halogens is 1. The third-order valence-electron chi connectivity index (χ3n) is 5.22. The fourth-order valence-corrected chi connectivity index (χ4v) is 3.51. The summed E-state index contributed by atoms with van der Waals surface area (Å²) in [6.07, 6.45) is 5.02. The van der Waals surface area contributed by atoms with Crippen molar-refractivity contribution in [1.82, 2.24) is 15.6 Å². The molecule has 1 aromatic heterocycles. The number of rotatable bonds is 8. The van der Waals surface area contributed by atoms with E-state index >= 15 is 0 Å². The van der Waals surface area contributed by atoms with Gasteiger partial charge < -0.3 is 20.4 Å². The molecule has 0 radical (unpaired) electrons. The largest absolute Gasteiger partial charge is 0.385 e. The van der Waals surface area contributed by atoms with Gasteiger partial charge in [0.25, 0.3) is 0 Å². The number of aromatic amines is 1. The van der Waals surface area contributed by atoms with Crippen molar-refractivity contribution in [3.63, 3.8) is 0 Å². The zero-order chi connectivity index (χ0) is 17.5. The molecule has 0 aliphatic heterocycles. The topological polar surface area (TPSA) is 61.4 Å². The third kappa shape index (κ3) is 5.36. The summed E-state index contributed by atoms with van der Waals surface area (Å²) < 4.78 is 5.28. The summed E-state index contributed by atoms with van der Waals surface area (Å²) in [5, 5.41) is 8.14. The number of para-hydroxylation sites is 1. The predicted octanol–water partition coefficient (Wildman–Crippen LogP) is 4.05. The maximum Gasteiger partial charge on any atom is 0.191 e. The Labute approximate surface area is 173 Å². The van der Waals surface area contributed by atoms with E-state index in [9.17, 15) is 0 Å². The molecule has 1 aliphatic rings. The number of hydrogen-bond donors (Lipinski definition) is 3. The molecule has 1 fully saturated rings. The van der Waals surface area contributed by atoms with Crippen LogP contribution in [0.25, 0.3) is 10.9 Å². The number of nitrogens with one attached hydrogen (secondary N) is 3. The highest BCUT2D eigenvalue weighted by Gasteiger charge is 2.36. The van der Waals surface area contributed by atoms with Crippen molar-refractivity contribution in [1.29, 1.82) is 0 Å². The lowest BCUT2D eigenvalue weighted by Gasteiger charge is -2.42. The van der Waals surface area contributed by atoms with E-state index in [2.05, 4.69) is 52.9 Å². The monoisotopic (exact) mass is 470 g/mol. The molecule has 0 bridgehead atoms. The molecule has 1 heterocycles. The molecule has 1 saturated carbocycles. The van der Waals surface area contributed by atoms with Crippen LogP contribution in [-0.4, -0.2) is 37.7 Å². The Morgan fingerprint density at radius 3 is 2.73 bits per heavy atom. The number of benzene rings is 1. The van der Waals surface area contributed by atoms with E-state index < -0.39 is 0 Å². The zero-order valence-corrected chi connectivity index (χ0v) is 18.1. The minimum atomic E-state index is 0. The number of methoxy groups -OCH3 is 1. The molecule has 3 N–H and O–H groups in total. The van der Waals surface area contributed by atoms with Gasteiger partial charge in [-0.25, -0.2) is 4.99 Å². The van der Waals surface area contributed by atoms with E-state index in [1.807, 2.05) is 0 Å². The lowest BCUT2D eigenvalue weighted by molar-refractivity contribution is 0.0732. The molecular formula is C20H31IN4O. The zero-order valence-electron chi connectivity index (χ0n) is 15.8. The van der Waals surface area contributed by atoms with Crippen LogP contribution in [0.1, 0.15) is 38.3 Å². The molecule has 0 unspecified atom stereocenters. The van der Waals surface area contributed by atoms with E-state index in [-0.39, 0.29) is 24.0 Å². The summed E-state index contributed by atoms with van der Waals surface area (Å²) in [5.74, 6) is 0.893. The van der Waals surface area contributed by atoms with Gasteiger partial charge in [-0.1, -0.05) is 24.6 Å². The third-order valence-corrected chi connectivity index (χ3v) is 5.22. The van der Waals surface area contributed by atoms with Crippen molar-refractivity contribution in [3.8, 4) is 0 Å². The Bertz CT molecular complexity index is 676. The molecule has 144 valence electrons. The second-order valence-electron chi connectivity index (χ2n) is 7.03. The highest BCUT2D eigenvalue weighted by Crippen LogP contribution is 2.43. The minimum Gasteiger partial charge on any atom is -0.385 e. The summed E-state index contributed by atoms with van der Waals surface area (Å²) in [6.45, 7) is 5.42. The van der Waals surface area contributed by atoms with E-state index in [0.717, 1.165) is 37.8 Å². The van der Waals surface area contributed by atoms with Gasteiger partial charge in [-0.3, -0.25) is 0 Å². The van der Waals surface area contributed by atoms with Gasteiger partial charge in [0.05, 0.1) is 6.54 Å². The lowest BCUT2D eigenvalue weighted by atomic mass is 9.67. The van der Waals surface area contributed by atoms with E-state index in [1.165, 1.54) is 30.2 Å². The average molecular weight is 470 g/mol. The SMILES string of the molecule is CCNC(=NCc1cc2ccccc2[nH]1)NCC1(CCOC)CCC1.I. The molecule has 3 rings (SSSR count). The number of nitrogens with zero attached hydrogens (tertiary/aromatic N) is 1. The Morgan fingerprint density at radius 1 is 1.27 bits per heavy atom. The number of aliphatic imine (C=N–C) groups is 1. The smallest absolute Gasteiger partial charge is 0.191 e. The number of ether oxygens (including phenoxy) is 1. The lowest BCUT2D eigenvalue weighted by Crippen LogP contribution is -2.46. The number of H-pyrrole nitrogens is 1. The van der Waals surface area contributed by atoms with Crippen LogP contribution in [0.5, 0.6) is 0 Å². The molecule has 1 aromatic carbocycles. The quantitative estimate of drug-likeness (QED) is 0.310. The fourth-order valence-electron chi connectivity index (χ4n) is 3.51. The Hall–Kier alpha value is -1.28. The van der Waals surface area contributed by atoms with Crippen molar-refractivity contribution in [2.75, 3.05) is 26.8 Å². The molecule has 2 aromatic rings.